The van der Waals surface area contributed by atoms with Gasteiger partial charge in [-0.15, -0.1) is 0 Å². The maximum atomic E-state index is 12.6. The molecular formula is C21H15N3O4S. The van der Waals surface area contributed by atoms with E-state index in [4.69, 9.17) is 0 Å². The number of phenolic OH excluding ortho intramolecular Hbond substituents is 1. The van der Waals surface area contributed by atoms with E-state index < -0.39 is 16.4 Å². The summed E-state index contributed by atoms with van der Waals surface area (Å²) in [7, 11) is 1.63. The Morgan fingerprint density at radius 2 is 1.86 bits per heavy atom. The minimum absolute atomic E-state index is 0.245. The smallest absolute Gasteiger partial charge is 0.311 e. The molecule has 0 unspecified atom stereocenters. The fourth-order valence-corrected chi connectivity index (χ4v) is 3.92. The van der Waals surface area contributed by atoms with Gasteiger partial charge in [-0.1, -0.05) is 36.4 Å². The van der Waals surface area contributed by atoms with Crippen molar-refractivity contribution in [2.24, 2.45) is 4.99 Å². The first kappa shape index (κ1) is 18.7. The third-order valence-corrected chi connectivity index (χ3v) is 5.52. The summed E-state index contributed by atoms with van der Waals surface area (Å²) >= 11 is 1.20. The van der Waals surface area contributed by atoms with Gasteiger partial charge < -0.3 is 5.11 Å². The SMILES string of the molecule is CN1C(=O)/C(=C/c2ccc(O)c([N+](=O)[O-])c2)SC1=Nc1ccc2ccccc2c1. The second-order valence-electron chi connectivity index (χ2n) is 6.41. The Bertz CT molecular complexity index is 1220. The van der Waals surface area contributed by atoms with Crippen LogP contribution in [0.4, 0.5) is 11.4 Å². The summed E-state index contributed by atoms with van der Waals surface area (Å²) < 4.78 is 0. The van der Waals surface area contributed by atoms with Crippen molar-refractivity contribution in [3.8, 4) is 5.75 Å². The van der Waals surface area contributed by atoms with Crippen molar-refractivity contribution in [2.45, 2.75) is 0 Å². The molecule has 7 nitrogen and oxygen atoms in total. The van der Waals surface area contributed by atoms with Gasteiger partial charge in [0.25, 0.3) is 5.91 Å². The number of phenols is 1. The molecule has 0 aromatic heterocycles. The zero-order chi connectivity index (χ0) is 20.5. The number of likely N-dealkylation sites (N-methyl/N-ethyl adjacent to an activating group) is 1. The van der Waals surface area contributed by atoms with Gasteiger partial charge in [0, 0.05) is 13.1 Å². The molecule has 0 bridgehead atoms. The predicted octanol–water partition coefficient (Wildman–Crippen LogP) is 4.69. The van der Waals surface area contributed by atoms with Crippen molar-refractivity contribution < 1.29 is 14.8 Å². The van der Waals surface area contributed by atoms with Gasteiger partial charge in [-0.3, -0.25) is 19.8 Å². The van der Waals surface area contributed by atoms with Crippen LogP contribution in [0.3, 0.4) is 0 Å². The number of rotatable bonds is 3. The normalized spacial score (nSPS) is 16.9. The summed E-state index contributed by atoms with van der Waals surface area (Å²) in [5, 5.41) is 23.3. The Morgan fingerprint density at radius 1 is 1.10 bits per heavy atom. The van der Waals surface area contributed by atoms with Gasteiger partial charge >= 0.3 is 5.69 Å². The number of amidine groups is 1. The summed E-state index contributed by atoms with van der Waals surface area (Å²) in [6.07, 6.45) is 1.55. The van der Waals surface area contributed by atoms with E-state index in [1.807, 2.05) is 42.5 Å². The third-order valence-electron chi connectivity index (χ3n) is 4.46. The number of aliphatic imine (C=N–C) groups is 1. The molecule has 3 aromatic carbocycles. The lowest BCUT2D eigenvalue weighted by Gasteiger charge is -2.07. The molecular weight excluding hydrogens is 390 g/mol. The first-order valence-electron chi connectivity index (χ1n) is 8.65. The van der Waals surface area contributed by atoms with Gasteiger partial charge in [-0.2, -0.15) is 0 Å². The molecule has 1 heterocycles. The van der Waals surface area contributed by atoms with E-state index >= 15 is 0 Å². The van der Waals surface area contributed by atoms with Gasteiger partial charge in [0.15, 0.2) is 10.9 Å². The van der Waals surface area contributed by atoms with E-state index in [-0.39, 0.29) is 5.91 Å². The number of thioether (sulfide) groups is 1. The number of carbonyl (C=O) groups excluding carboxylic acids is 1. The maximum Gasteiger partial charge on any atom is 0.311 e. The van der Waals surface area contributed by atoms with E-state index in [9.17, 15) is 20.0 Å². The molecule has 0 radical (unpaired) electrons. The molecule has 0 spiro atoms. The average molecular weight is 405 g/mol. The fraction of sp³-hybridized carbons (Fsp3) is 0.0476. The zero-order valence-electron chi connectivity index (χ0n) is 15.3. The van der Waals surface area contributed by atoms with Gasteiger partial charge in [0.05, 0.1) is 15.5 Å². The van der Waals surface area contributed by atoms with Crippen molar-refractivity contribution in [1.29, 1.82) is 0 Å². The van der Waals surface area contributed by atoms with Gasteiger partial charge in [-0.25, -0.2) is 4.99 Å². The summed E-state index contributed by atoms with van der Waals surface area (Å²) in [4.78, 5) is 29.3. The highest BCUT2D eigenvalue weighted by Crippen LogP contribution is 2.35. The van der Waals surface area contributed by atoms with Gasteiger partial charge in [-0.05, 0) is 52.4 Å². The van der Waals surface area contributed by atoms with Crippen molar-refractivity contribution in [3.05, 3.63) is 81.2 Å². The second-order valence-corrected chi connectivity index (χ2v) is 7.42. The molecule has 1 saturated heterocycles. The Kier molecular flexibility index (Phi) is 4.77. The fourth-order valence-electron chi connectivity index (χ4n) is 2.94. The molecule has 1 aliphatic rings. The van der Waals surface area contributed by atoms with Crippen molar-refractivity contribution >= 4 is 51.1 Å². The minimum Gasteiger partial charge on any atom is -0.502 e. The number of nitro groups is 1. The summed E-state index contributed by atoms with van der Waals surface area (Å²) in [6.45, 7) is 0. The number of fused-ring (bicyclic) bond motifs is 1. The number of hydrogen-bond donors (Lipinski definition) is 1. The minimum atomic E-state index is -0.667. The number of nitrogens with zero attached hydrogens (tertiary/aromatic N) is 3. The Hall–Kier alpha value is -3.65. The molecule has 1 amide bonds. The van der Waals surface area contributed by atoms with Crippen LogP contribution in [-0.4, -0.2) is 33.1 Å². The number of nitro benzene ring substituents is 1. The molecule has 0 atom stereocenters. The molecule has 1 fully saturated rings. The van der Waals surface area contributed by atoms with E-state index in [1.54, 1.807) is 13.1 Å². The number of carbonyl (C=O) groups is 1. The van der Waals surface area contributed by atoms with Crippen molar-refractivity contribution in [2.75, 3.05) is 7.05 Å². The molecule has 1 N–H and O–H groups in total. The number of aromatic hydroxyl groups is 1. The van der Waals surface area contributed by atoms with Gasteiger partial charge in [0.1, 0.15) is 0 Å². The van der Waals surface area contributed by atoms with Crippen LogP contribution in [0.2, 0.25) is 0 Å². The zero-order valence-corrected chi connectivity index (χ0v) is 16.1. The van der Waals surface area contributed by atoms with Crippen LogP contribution < -0.4 is 0 Å². The van der Waals surface area contributed by atoms with E-state index in [2.05, 4.69) is 4.99 Å². The van der Waals surface area contributed by atoms with Crippen molar-refractivity contribution in [3.63, 3.8) is 0 Å². The maximum absolute atomic E-state index is 12.6. The van der Waals surface area contributed by atoms with Crippen LogP contribution in [0.15, 0.2) is 70.6 Å². The molecule has 1 aliphatic heterocycles. The summed E-state index contributed by atoms with van der Waals surface area (Å²) in [5.41, 5.74) is 0.770. The highest BCUT2D eigenvalue weighted by molar-refractivity contribution is 8.18. The second kappa shape index (κ2) is 7.40. The monoisotopic (exact) mass is 405 g/mol. The molecule has 4 rings (SSSR count). The van der Waals surface area contributed by atoms with Crippen LogP contribution in [0.25, 0.3) is 16.8 Å². The van der Waals surface area contributed by atoms with Crippen molar-refractivity contribution in [1.82, 2.24) is 4.90 Å². The van der Waals surface area contributed by atoms with Crippen LogP contribution in [0.1, 0.15) is 5.56 Å². The van der Waals surface area contributed by atoms with E-state index in [1.165, 1.54) is 34.9 Å². The largest absolute Gasteiger partial charge is 0.502 e. The lowest BCUT2D eigenvalue weighted by atomic mass is 10.1. The Morgan fingerprint density at radius 3 is 2.62 bits per heavy atom. The average Bonchev–Trinajstić information content (AvgIpc) is 2.97. The molecule has 29 heavy (non-hydrogen) atoms. The van der Waals surface area contributed by atoms with Crippen LogP contribution in [0, 0.1) is 10.1 Å². The van der Waals surface area contributed by atoms with Crippen LogP contribution in [-0.2, 0) is 4.79 Å². The molecule has 144 valence electrons. The molecule has 8 heteroatoms. The van der Waals surface area contributed by atoms with E-state index in [0.29, 0.717) is 15.6 Å². The Balaban J connectivity index is 1.66. The third kappa shape index (κ3) is 3.70. The number of hydrogen-bond acceptors (Lipinski definition) is 6. The first-order valence-corrected chi connectivity index (χ1v) is 9.46. The topological polar surface area (TPSA) is 96.0 Å². The molecule has 0 saturated carbocycles. The molecule has 0 aliphatic carbocycles. The number of amides is 1. The lowest BCUT2D eigenvalue weighted by molar-refractivity contribution is -0.385. The summed E-state index contributed by atoms with van der Waals surface area (Å²) in [5.74, 6) is -0.663. The highest BCUT2D eigenvalue weighted by Gasteiger charge is 2.30. The standard InChI is InChI=1S/C21H15N3O4S/c1-23-20(26)19(11-13-6-9-18(25)17(10-13)24(27)28)29-21(23)22-16-8-7-14-4-2-3-5-15(14)12-16/h2-12,25H,1H3/b19-11-,22-21?. The molecule has 3 aromatic rings. The van der Waals surface area contributed by atoms with Crippen LogP contribution in [0.5, 0.6) is 5.75 Å². The summed E-state index contributed by atoms with van der Waals surface area (Å²) in [6, 6.07) is 17.7. The van der Waals surface area contributed by atoms with Crippen LogP contribution >= 0.6 is 11.8 Å². The Labute approximate surface area is 170 Å². The lowest BCUT2D eigenvalue weighted by Crippen LogP contribution is -2.23. The first-order chi connectivity index (χ1) is 13.9. The quantitative estimate of drug-likeness (QED) is 0.387. The van der Waals surface area contributed by atoms with E-state index in [0.717, 1.165) is 16.5 Å². The van der Waals surface area contributed by atoms with Gasteiger partial charge in [0.2, 0.25) is 0 Å². The predicted molar refractivity (Wildman–Crippen MR) is 114 cm³/mol. The number of benzene rings is 3. The highest BCUT2D eigenvalue weighted by atomic mass is 32.2.